The minimum absolute atomic E-state index is 0.0629. The van der Waals surface area contributed by atoms with Gasteiger partial charge in [0.2, 0.25) is 0 Å². The predicted molar refractivity (Wildman–Crippen MR) is 62.8 cm³/mol. The van der Waals surface area contributed by atoms with Crippen LogP contribution in [0.25, 0.3) is 11.0 Å². The number of esters is 1. The van der Waals surface area contributed by atoms with Crippen molar-refractivity contribution in [3.05, 3.63) is 22.9 Å². The summed E-state index contributed by atoms with van der Waals surface area (Å²) in [6.07, 6.45) is 2.67. The van der Waals surface area contributed by atoms with Crippen LogP contribution in [-0.2, 0) is 16.3 Å². The number of aromatic amines is 1. The van der Waals surface area contributed by atoms with E-state index < -0.39 is 0 Å². The fraction of sp³-hybridized carbons (Fsp3) is 0.400. The average Bonchev–Trinajstić information content (AvgIpc) is 2.70. The van der Waals surface area contributed by atoms with Gasteiger partial charge in [-0.1, -0.05) is 0 Å². The van der Waals surface area contributed by atoms with E-state index in [0.29, 0.717) is 11.0 Å². The standard InChI is InChI=1S/C10H13N5O3/c1-14(2)4-8(16)18-6-15-9-7(3-13-15)10(17)12-5-11-9/h3,5H,4,6H2,1-2H3,(H,11,12,17). The number of fused-ring (bicyclic) bond motifs is 1. The summed E-state index contributed by atoms with van der Waals surface area (Å²) in [6, 6.07) is 0. The molecule has 18 heavy (non-hydrogen) atoms. The number of rotatable bonds is 4. The van der Waals surface area contributed by atoms with Crippen LogP contribution in [-0.4, -0.2) is 51.3 Å². The van der Waals surface area contributed by atoms with Crippen molar-refractivity contribution in [2.45, 2.75) is 6.73 Å². The van der Waals surface area contributed by atoms with Crippen LogP contribution >= 0.6 is 0 Å². The highest BCUT2D eigenvalue weighted by molar-refractivity contribution is 5.73. The normalized spacial score (nSPS) is 11.1. The average molecular weight is 251 g/mol. The molecule has 0 fully saturated rings. The lowest BCUT2D eigenvalue weighted by Gasteiger charge is -2.09. The number of ether oxygens (including phenoxy) is 1. The van der Waals surface area contributed by atoms with E-state index in [2.05, 4.69) is 15.1 Å². The molecular weight excluding hydrogens is 238 g/mol. The number of nitrogens with one attached hydrogen (secondary N) is 1. The molecule has 0 bridgehead atoms. The van der Waals surface area contributed by atoms with Crippen LogP contribution in [0.4, 0.5) is 0 Å². The molecule has 2 aromatic rings. The summed E-state index contributed by atoms with van der Waals surface area (Å²) in [5.74, 6) is -0.367. The Balaban J connectivity index is 2.11. The molecule has 2 heterocycles. The van der Waals surface area contributed by atoms with Crippen LogP contribution in [0.5, 0.6) is 0 Å². The Morgan fingerprint density at radius 1 is 1.56 bits per heavy atom. The highest BCUT2D eigenvalue weighted by Gasteiger charge is 2.09. The lowest BCUT2D eigenvalue weighted by molar-refractivity contribution is -0.148. The Hall–Kier alpha value is -2.22. The van der Waals surface area contributed by atoms with Gasteiger partial charge in [-0.3, -0.25) is 14.5 Å². The maximum Gasteiger partial charge on any atom is 0.321 e. The fourth-order valence-corrected chi connectivity index (χ4v) is 1.44. The first-order valence-corrected chi connectivity index (χ1v) is 5.27. The van der Waals surface area contributed by atoms with Crippen molar-refractivity contribution in [3.8, 4) is 0 Å². The molecule has 0 saturated heterocycles. The monoisotopic (exact) mass is 251 g/mol. The summed E-state index contributed by atoms with van der Waals surface area (Å²) >= 11 is 0. The zero-order valence-electron chi connectivity index (χ0n) is 10.1. The third-order valence-electron chi connectivity index (χ3n) is 2.23. The molecule has 0 atom stereocenters. The van der Waals surface area contributed by atoms with E-state index in [9.17, 15) is 9.59 Å². The molecule has 0 radical (unpaired) electrons. The lowest BCUT2D eigenvalue weighted by Crippen LogP contribution is -2.24. The fourth-order valence-electron chi connectivity index (χ4n) is 1.44. The highest BCUT2D eigenvalue weighted by Crippen LogP contribution is 2.04. The molecule has 8 heteroatoms. The number of aromatic nitrogens is 4. The van der Waals surface area contributed by atoms with Gasteiger partial charge < -0.3 is 9.72 Å². The summed E-state index contributed by atoms with van der Waals surface area (Å²) in [7, 11) is 3.54. The molecule has 2 aromatic heterocycles. The number of nitrogens with zero attached hydrogens (tertiary/aromatic N) is 4. The van der Waals surface area contributed by atoms with Gasteiger partial charge in [0.15, 0.2) is 12.4 Å². The van der Waals surface area contributed by atoms with Crippen molar-refractivity contribution < 1.29 is 9.53 Å². The summed E-state index contributed by atoms with van der Waals surface area (Å²) in [4.78, 5) is 30.9. The first-order chi connectivity index (χ1) is 8.58. The number of carbonyl (C=O) groups excluding carboxylic acids is 1. The van der Waals surface area contributed by atoms with E-state index in [1.54, 1.807) is 19.0 Å². The Morgan fingerprint density at radius 3 is 3.06 bits per heavy atom. The maximum atomic E-state index is 11.4. The van der Waals surface area contributed by atoms with Gasteiger partial charge >= 0.3 is 5.97 Å². The van der Waals surface area contributed by atoms with Crippen molar-refractivity contribution in [2.24, 2.45) is 0 Å². The highest BCUT2D eigenvalue weighted by atomic mass is 16.5. The van der Waals surface area contributed by atoms with Gasteiger partial charge in [0.1, 0.15) is 5.39 Å². The molecule has 0 saturated carbocycles. The largest absolute Gasteiger partial charge is 0.441 e. The second-order valence-electron chi connectivity index (χ2n) is 4.00. The van der Waals surface area contributed by atoms with Crippen LogP contribution in [0.15, 0.2) is 17.3 Å². The molecule has 96 valence electrons. The minimum atomic E-state index is -0.367. The van der Waals surface area contributed by atoms with Crippen LogP contribution in [0, 0.1) is 0 Å². The van der Waals surface area contributed by atoms with Gasteiger partial charge in [-0.2, -0.15) is 5.10 Å². The predicted octanol–water partition coefficient (Wildman–Crippen LogP) is -0.818. The molecule has 0 aliphatic carbocycles. The Morgan fingerprint density at radius 2 is 2.33 bits per heavy atom. The van der Waals surface area contributed by atoms with E-state index in [1.807, 2.05) is 0 Å². The molecule has 8 nitrogen and oxygen atoms in total. The second kappa shape index (κ2) is 4.96. The third kappa shape index (κ3) is 2.54. The lowest BCUT2D eigenvalue weighted by atomic mass is 10.4. The van der Waals surface area contributed by atoms with Crippen LogP contribution in [0.3, 0.4) is 0 Å². The Kier molecular flexibility index (Phi) is 3.38. The zero-order valence-corrected chi connectivity index (χ0v) is 10.1. The van der Waals surface area contributed by atoms with Gasteiger partial charge in [-0.05, 0) is 14.1 Å². The van der Waals surface area contributed by atoms with E-state index in [-0.39, 0.29) is 24.8 Å². The van der Waals surface area contributed by atoms with Crippen molar-refractivity contribution in [1.29, 1.82) is 0 Å². The van der Waals surface area contributed by atoms with Crippen LogP contribution in [0.2, 0.25) is 0 Å². The Labute approximate surface area is 102 Å². The van der Waals surface area contributed by atoms with Gasteiger partial charge in [0, 0.05) is 0 Å². The number of H-pyrrole nitrogens is 1. The summed E-state index contributed by atoms with van der Waals surface area (Å²) in [5.41, 5.74) is 0.113. The molecular formula is C10H13N5O3. The van der Waals surface area contributed by atoms with E-state index >= 15 is 0 Å². The van der Waals surface area contributed by atoms with Crippen LogP contribution in [0.1, 0.15) is 0 Å². The number of likely N-dealkylation sites (N-methyl/N-ethyl adjacent to an activating group) is 1. The number of hydrogen-bond acceptors (Lipinski definition) is 6. The molecule has 1 N–H and O–H groups in total. The van der Waals surface area contributed by atoms with Gasteiger partial charge in [-0.25, -0.2) is 9.67 Å². The van der Waals surface area contributed by atoms with E-state index in [0.717, 1.165) is 0 Å². The van der Waals surface area contributed by atoms with Gasteiger partial charge in [0.25, 0.3) is 5.56 Å². The van der Waals surface area contributed by atoms with Crippen molar-refractivity contribution in [1.82, 2.24) is 24.6 Å². The molecule has 0 aliphatic heterocycles. The Bertz CT molecular complexity index is 615. The number of hydrogen-bond donors (Lipinski definition) is 1. The second-order valence-corrected chi connectivity index (χ2v) is 4.00. The third-order valence-corrected chi connectivity index (χ3v) is 2.23. The minimum Gasteiger partial charge on any atom is -0.441 e. The first kappa shape index (κ1) is 12.2. The summed E-state index contributed by atoms with van der Waals surface area (Å²) in [5, 5.41) is 4.31. The van der Waals surface area contributed by atoms with E-state index in [4.69, 9.17) is 4.74 Å². The molecule has 0 aromatic carbocycles. The summed E-state index contributed by atoms with van der Waals surface area (Å²) in [6.45, 7) is 0.125. The molecule has 0 amide bonds. The smallest absolute Gasteiger partial charge is 0.321 e. The van der Waals surface area contributed by atoms with Crippen molar-refractivity contribution >= 4 is 17.0 Å². The molecule has 0 spiro atoms. The molecule has 0 unspecified atom stereocenters. The van der Waals surface area contributed by atoms with Gasteiger partial charge in [-0.15, -0.1) is 0 Å². The SMILES string of the molecule is CN(C)CC(=O)OCn1ncc2c(=O)[nH]cnc21. The number of carbonyl (C=O) groups is 1. The first-order valence-electron chi connectivity index (χ1n) is 5.27. The zero-order chi connectivity index (χ0) is 13.1. The quantitative estimate of drug-likeness (QED) is 0.714. The van der Waals surface area contributed by atoms with Crippen LogP contribution < -0.4 is 5.56 Å². The molecule has 0 aliphatic rings. The topological polar surface area (TPSA) is 93.1 Å². The van der Waals surface area contributed by atoms with Crippen molar-refractivity contribution in [3.63, 3.8) is 0 Å². The van der Waals surface area contributed by atoms with E-state index in [1.165, 1.54) is 17.2 Å². The molecule has 2 rings (SSSR count). The van der Waals surface area contributed by atoms with Crippen molar-refractivity contribution in [2.75, 3.05) is 20.6 Å². The summed E-state index contributed by atoms with van der Waals surface area (Å²) < 4.78 is 6.37. The maximum absolute atomic E-state index is 11.4. The van der Waals surface area contributed by atoms with Gasteiger partial charge in [0.05, 0.1) is 19.1 Å².